The van der Waals surface area contributed by atoms with Crippen LogP contribution in [-0.2, 0) is 14.3 Å². The molecule has 0 aromatic heterocycles. The van der Waals surface area contributed by atoms with E-state index in [-0.39, 0.29) is 6.61 Å². The zero-order valence-corrected chi connectivity index (χ0v) is 9.20. The summed E-state index contributed by atoms with van der Waals surface area (Å²) in [4.78, 5) is 21.4. The van der Waals surface area contributed by atoms with Crippen LogP contribution in [0.1, 0.15) is 5.56 Å². The number of aliphatic carboxylic acids is 1. The van der Waals surface area contributed by atoms with Gasteiger partial charge in [0.15, 0.2) is 0 Å². The van der Waals surface area contributed by atoms with Crippen molar-refractivity contribution < 1.29 is 23.8 Å². The van der Waals surface area contributed by atoms with Crippen molar-refractivity contribution >= 4 is 17.6 Å². The Bertz CT molecular complexity index is 413. The molecule has 0 unspecified atom stereocenters. The molecule has 0 aliphatic carbocycles. The quantitative estimate of drug-likeness (QED) is 0.811. The van der Waals surface area contributed by atoms with Crippen LogP contribution < -0.4 is 5.32 Å². The lowest BCUT2D eigenvalue weighted by Crippen LogP contribution is -2.20. The molecular weight excluding hydrogens is 229 g/mol. The van der Waals surface area contributed by atoms with Crippen molar-refractivity contribution in [3.05, 3.63) is 29.6 Å². The number of carbonyl (C=O) groups is 2. The highest BCUT2D eigenvalue weighted by Gasteiger charge is 2.05. The fraction of sp³-hybridized carbons (Fsp3) is 0.273. The van der Waals surface area contributed by atoms with E-state index >= 15 is 0 Å². The monoisotopic (exact) mass is 241 g/mol. The number of hydrogen-bond donors (Lipinski definition) is 2. The average Bonchev–Trinajstić information content (AvgIpc) is 2.14. The van der Waals surface area contributed by atoms with Crippen LogP contribution in [-0.4, -0.2) is 30.2 Å². The van der Waals surface area contributed by atoms with Gasteiger partial charge in [-0.15, -0.1) is 0 Å². The number of carbonyl (C=O) groups excluding carboxylic acids is 1. The number of anilines is 1. The molecule has 92 valence electrons. The molecule has 0 atom stereocenters. The van der Waals surface area contributed by atoms with E-state index in [1.54, 1.807) is 13.0 Å². The lowest BCUT2D eigenvalue weighted by Gasteiger charge is -2.06. The molecule has 1 rings (SSSR count). The minimum absolute atomic E-state index is 0.312. The fourth-order valence-electron chi connectivity index (χ4n) is 1.24. The Hall–Kier alpha value is -1.95. The van der Waals surface area contributed by atoms with Crippen LogP contribution >= 0.6 is 0 Å². The van der Waals surface area contributed by atoms with Crippen molar-refractivity contribution in [2.75, 3.05) is 18.5 Å². The summed E-state index contributed by atoms with van der Waals surface area (Å²) >= 11 is 0. The molecule has 2 N–H and O–H groups in total. The Kier molecular flexibility index (Phi) is 4.59. The van der Waals surface area contributed by atoms with E-state index in [0.29, 0.717) is 11.3 Å². The van der Waals surface area contributed by atoms with Gasteiger partial charge in [-0.3, -0.25) is 4.79 Å². The molecule has 6 heteroatoms. The van der Waals surface area contributed by atoms with Gasteiger partial charge in [0.1, 0.15) is 19.0 Å². The number of benzene rings is 1. The van der Waals surface area contributed by atoms with Gasteiger partial charge >= 0.3 is 5.97 Å². The molecule has 17 heavy (non-hydrogen) atoms. The maximum absolute atomic E-state index is 13.0. The molecule has 0 bridgehead atoms. The van der Waals surface area contributed by atoms with Crippen LogP contribution in [0.2, 0.25) is 0 Å². The van der Waals surface area contributed by atoms with Crippen molar-refractivity contribution in [3.8, 4) is 0 Å². The van der Waals surface area contributed by atoms with Crippen molar-refractivity contribution in [2.45, 2.75) is 6.92 Å². The Morgan fingerprint density at radius 1 is 1.35 bits per heavy atom. The minimum atomic E-state index is -1.15. The van der Waals surface area contributed by atoms with Crippen LogP contribution in [0.3, 0.4) is 0 Å². The maximum Gasteiger partial charge on any atom is 0.329 e. The summed E-state index contributed by atoms with van der Waals surface area (Å²) in [6, 6.07) is 4.09. The highest BCUT2D eigenvalue weighted by molar-refractivity contribution is 5.91. The van der Waals surface area contributed by atoms with Crippen molar-refractivity contribution in [1.29, 1.82) is 0 Å². The smallest absolute Gasteiger partial charge is 0.329 e. The number of carboxylic acids is 1. The second-order valence-electron chi connectivity index (χ2n) is 3.45. The normalized spacial score (nSPS) is 10.0. The Labute approximate surface area is 97.2 Å². The van der Waals surface area contributed by atoms with Crippen LogP contribution in [0.5, 0.6) is 0 Å². The predicted molar refractivity (Wildman–Crippen MR) is 58.2 cm³/mol. The number of carboxylic acid groups (broad SMARTS) is 1. The Balaban J connectivity index is 2.47. The van der Waals surface area contributed by atoms with Gasteiger partial charge in [-0.1, -0.05) is 0 Å². The standard InChI is InChI=1S/C11H12FNO4/c1-7-2-8(12)4-9(3-7)13-10(14)5-17-6-11(15)16/h2-4H,5-6H2,1H3,(H,13,14)(H,15,16). The van der Waals surface area contributed by atoms with E-state index in [4.69, 9.17) is 5.11 Å². The molecule has 1 aromatic rings. The van der Waals surface area contributed by atoms with Crippen LogP contribution in [0, 0.1) is 12.7 Å². The number of ether oxygens (including phenoxy) is 1. The van der Waals surface area contributed by atoms with Crippen LogP contribution in [0.4, 0.5) is 10.1 Å². The van der Waals surface area contributed by atoms with Crippen molar-refractivity contribution in [1.82, 2.24) is 0 Å². The number of rotatable bonds is 5. The molecule has 1 amide bonds. The number of halogens is 1. The number of aryl methyl sites for hydroxylation is 1. The summed E-state index contributed by atoms with van der Waals surface area (Å²) in [7, 11) is 0. The average molecular weight is 241 g/mol. The van der Waals surface area contributed by atoms with Crippen molar-refractivity contribution in [3.63, 3.8) is 0 Å². The molecule has 0 heterocycles. The molecule has 0 spiro atoms. The van der Waals surface area contributed by atoms with Crippen LogP contribution in [0.25, 0.3) is 0 Å². The summed E-state index contributed by atoms with van der Waals surface area (Å²) in [6.45, 7) is 0.761. The second kappa shape index (κ2) is 5.95. The molecule has 1 aromatic carbocycles. The third-order valence-electron chi connectivity index (χ3n) is 1.78. The van der Waals surface area contributed by atoms with E-state index in [0.717, 1.165) is 0 Å². The third-order valence-corrected chi connectivity index (χ3v) is 1.78. The largest absolute Gasteiger partial charge is 0.480 e. The van der Waals surface area contributed by atoms with Gasteiger partial charge < -0.3 is 15.2 Å². The molecule has 5 nitrogen and oxygen atoms in total. The topological polar surface area (TPSA) is 75.6 Å². The van der Waals surface area contributed by atoms with Gasteiger partial charge in [0.25, 0.3) is 0 Å². The molecule has 0 aliphatic rings. The van der Waals surface area contributed by atoms with Gasteiger partial charge in [-0.2, -0.15) is 0 Å². The van der Waals surface area contributed by atoms with E-state index in [2.05, 4.69) is 10.1 Å². The first-order chi connectivity index (χ1) is 7.97. The molecule has 0 saturated carbocycles. The lowest BCUT2D eigenvalue weighted by atomic mass is 10.2. The molecular formula is C11H12FNO4. The van der Waals surface area contributed by atoms with Crippen LogP contribution in [0.15, 0.2) is 18.2 Å². The first-order valence-electron chi connectivity index (χ1n) is 4.84. The molecule has 0 radical (unpaired) electrons. The molecule has 0 saturated heterocycles. The summed E-state index contributed by atoms with van der Waals surface area (Å²) in [5.74, 6) is -2.14. The van der Waals surface area contributed by atoms with Gasteiger partial charge in [0.05, 0.1) is 0 Å². The Morgan fingerprint density at radius 2 is 2.06 bits per heavy atom. The predicted octanol–water partition coefficient (Wildman–Crippen LogP) is 1.17. The number of amides is 1. The SMILES string of the molecule is Cc1cc(F)cc(NC(=O)COCC(=O)O)c1. The first-order valence-corrected chi connectivity index (χ1v) is 4.84. The van der Waals surface area contributed by atoms with E-state index in [9.17, 15) is 14.0 Å². The molecule has 0 fully saturated rings. The maximum atomic E-state index is 13.0. The van der Waals surface area contributed by atoms with E-state index < -0.39 is 24.3 Å². The Morgan fingerprint density at radius 3 is 2.65 bits per heavy atom. The lowest BCUT2D eigenvalue weighted by molar-refractivity contribution is -0.143. The minimum Gasteiger partial charge on any atom is -0.480 e. The fourth-order valence-corrected chi connectivity index (χ4v) is 1.24. The van der Waals surface area contributed by atoms with E-state index in [1.807, 2.05) is 0 Å². The summed E-state index contributed by atoms with van der Waals surface area (Å²) in [6.07, 6.45) is 0. The highest BCUT2D eigenvalue weighted by Crippen LogP contribution is 2.12. The second-order valence-corrected chi connectivity index (χ2v) is 3.45. The third kappa shape index (κ3) is 5.07. The summed E-state index contributed by atoms with van der Waals surface area (Å²) < 4.78 is 17.6. The number of hydrogen-bond acceptors (Lipinski definition) is 3. The summed E-state index contributed by atoms with van der Waals surface area (Å²) in [5, 5.41) is 10.7. The highest BCUT2D eigenvalue weighted by atomic mass is 19.1. The van der Waals surface area contributed by atoms with Gasteiger partial charge in [0, 0.05) is 5.69 Å². The van der Waals surface area contributed by atoms with Gasteiger partial charge in [-0.25, -0.2) is 9.18 Å². The summed E-state index contributed by atoms with van der Waals surface area (Å²) in [5.41, 5.74) is 0.984. The first kappa shape index (κ1) is 13.1. The zero-order valence-electron chi connectivity index (χ0n) is 9.20. The molecule has 0 aliphatic heterocycles. The van der Waals surface area contributed by atoms with Crippen molar-refractivity contribution in [2.24, 2.45) is 0 Å². The number of nitrogens with one attached hydrogen (secondary N) is 1. The zero-order chi connectivity index (χ0) is 12.8. The van der Waals surface area contributed by atoms with Gasteiger partial charge in [-0.05, 0) is 30.7 Å². The van der Waals surface area contributed by atoms with E-state index in [1.165, 1.54) is 12.1 Å². The van der Waals surface area contributed by atoms with Gasteiger partial charge in [0.2, 0.25) is 5.91 Å².